The van der Waals surface area contributed by atoms with E-state index in [9.17, 15) is 13.2 Å². The lowest BCUT2D eigenvalue weighted by molar-refractivity contribution is -0.131. The van der Waals surface area contributed by atoms with Crippen LogP contribution in [0.1, 0.15) is 13.3 Å². The Labute approximate surface area is 90.7 Å². The summed E-state index contributed by atoms with van der Waals surface area (Å²) in [6.45, 7) is 2.98. The van der Waals surface area contributed by atoms with E-state index in [-0.39, 0.29) is 11.7 Å². The quantitative estimate of drug-likeness (QED) is 0.697. The summed E-state index contributed by atoms with van der Waals surface area (Å²) in [6, 6.07) is 0. The molecule has 0 aromatic carbocycles. The number of nitrogens with one attached hydrogen (secondary N) is 1. The van der Waals surface area contributed by atoms with Crippen LogP contribution < -0.4 is 5.32 Å². The van der Waals surface area contributed by atoms with Crippen LogP contribution in [0.15, 0.2) is 0 Å². The molecule has 0 aromatic heterocycles. The fraction of sp³-hybridized carbons (Fsp3) is 0.889. The molecule has 88 valence electrons. The van der Waals surface area contributed by atoms with Gasteiger partial charge in [-0.15, -0.1) is 0 Å². The Kier molecular flexibility index (Phi) is 4.10. The molecule has 0 bridgehead atoms. The molecular weight excluding hydrogens is 216 g/mol. The molecule has 1 heterocycles. The molecule has 5 nitrogen and oxygen atoms in total. The van der Waals surface area contributed by atoms with Crippen molar-refractivity contribution in [2.75, 3.05) is 32.4 Å². The number of hydrogen-bond acceptors (Lipinski definition) is 4. The lowest BCUT2D eigenvalue weighted by Crippen LogP contribution is -2.48. The molecule has 1 fully saturated rings. The first-order chi connectivity index (χ1) is 6.97. The van der Waals surface area contributed by atoms with E-state index in [1.807, 2.05) is 0 Å². The standard InChI is InChI=1S/C9H18N2O3S/c1-8-7-11(5-6-15(8,13)14)9(12)3-4-10-2/h8,10H,3-7H2,1-2H3. The maximum Gasteiger partial charge on any atom is 0.223 e. The number of carbonyl (C=O) groups excluding carboxylic acids is 1. The molecule has 1 rings (SSSR count). The second-order valence-corrected chi connectivity index (χ2v) is 6.41. The first-order valence-corrected chi connectivity index (χ1v) is 6.83. The van der Waals surface area contributed by atoms with Gasteiger partial charge in [-0.3, -0.25) is 4.79 Å². The zero-order chi connectivity index (χ0) is 11.5. The van der Waals surface area contributed by atoms with Crippen LogP contribution in [-0.2, 0) is 14.6 Å². The summed E-state index contributed by atoms with van der Waals surface area (Å²) in [4.78, 5) is 13.2. The van der Waals surface area contributed by atoms with Crippen LogP contribution in [0.4, 0.5) is 0 Å². The third-order valence-corrected chi connectivity index (χ3v) is 4.80. The first-order valence-electron chi connectivity index (χ1n) is 5.11. The van der Waals surface area contributed by atoms with Gasteiger partial charge in [-0.2, -0.15) is 0 Å². The second-order valence-electron chi connectivity index (χ2n) is 3.87. The molecule has 1 aliphatic rings. The Balaban J connectivity index is 2.51. The molecule has 0 aliphatic carbocycles. The highest BCUT2D eigenvalue weighted by molar-refractivity contribution is 7.92. The second kappa shape index (κ2) is 4.94. The number of hydrogen-bond donors (Lipinski definition) is 1. The van der Waals surface area contributed by atoms with Gasteiger partial charge in [0.1, 0.15) is 0 Å². The molecule has 1 amide bonds. The molecule has 6 heteroatoms. The van der Waals surface area contributed by atoms with Gasteiger partial charge in [0, 0.05) is 26.1 Å². The van der Waals surface area contributed by atoms with E-state index in [1.165, 1.54) is 0 Å². The molecule has 0 spiro atoms. The molecular formula is C9H18N2O3S. The summed E-state index contributed by atoms with van der Waals surface area (Å²) in [5.74, 6) is 0.130. The lowest BCUT2D eigenvalue weighted by Gasteiger charge is -2.30. The van der Waals surface area contributed by atoms with Crippen molar-refractivity contribution in [2.24, 2.45) is 0 Å². The van der Waals surface area contributed by atoms with Gasteiger partial charge in [0.25, 0.3) is 0 Å². The minimum absolute atomic E-state index is 0.0334. The normalized spacial score (nSPS) is 25.2. The Morgan fingerprint density at radius 2 is 2.20 bits per heavy atom. The van der Waals surface area contributed by atoms with E-state index in [2.05, 4.69) is 5.32 Å². The molecule has 1 atom stereocenters. The fourth-order valence-corrected chi connectivity index (χ4v) is 2.85. The van der Waals surface area contributed by atoms with E-state index in [1.54, 1.807) is 18.9 Å². The number of sulfone groups is 1. The number of nitrogens with zero attached hydrogens (tertiary/aromatic N) is 1. The van der Waals surface area contributed by atoms with Gasteiger partial charge in [0.2, 0.25) is 5.91 Å². The summed E-state index contributed by atoms with van der Waals surface area (Å²) in [5, 5.41) is 2.47. The topological polar surface area (TPSA) is 66.5 Å². The van der Waals surface area contributed by atoms with E-state index >= 15 is 0 Å². The number of amides is 1. The summed E-state index contributed by atoms with van der Waals surface area (Å²) in [7, 11) is -1.17. The largest absolute Gasteiger partial charge is 0.340 e. The Morgan fingerprint density at radius 1 is 1.53 bits per heavy atom. The molecule has 1 unspecified atom stereocenters. The zero-order valence-corrected chi connectivity index (χ0v) is 10.0. The molecule has 1 aliphatic heterocycles. The van der Waals surface area contributed by atoms with Crippen molar-refractivity contribution in [3.05, 3.63) is 0 Å². The average Bonchev–Trinajstić information content (AvgIpc) is 2.18. The van der Waals surface area contributed by atoms with Crippen molar-refractivity contribution >= 4 is 15.7 Å². The third kappa shape index (κ3) is 3.17. The number of rotatable bonds is 3. The molecule has 1 saturated heterocycles. The summed E-state index contributed by atoms with van der Waals surface area (Å²) in [5.41, 5.74) is 0. The van der Waals surface area contributed by atoms with Crippen LogP contribution in [0.25, 0.3) is 0 Å². The van der Waals surface area contributed by atoms with Gasteiger partial charge < -0.3 is 10.2 Å². The predicted molar refractivity (Wildman–Crippen MR) is 58.4 cm³/mol. The van der Waals surface area contributed by atoms with Gasteiger partial charge in [0.05, 0.1) is 11.0 Å². The van der Waals surface area contributed by atoms with Crippen molar-refractivity contribution in [2.45, 2.75) is 18.6 Å². The summed E-state index contributed by atoms with van der Waals surface area (Å²) >= 11 is 0. The van der Waals surface area contributed by atoms with E-state index in [0.29, 0.717) is 26.1 Å². The van der Waals surface area contributed by atoms with Crippen LogP contribution >= 0.6 is 0 Å². The van der Waals surface area contributed by atoms with Gasteiger partial charge in [-0.1, -0.05) is 0 Å². The van der Waals surface area contributed by atoms with Gasteiger partial charge in [-0.05, 0) is 14.0 Å². The van der Waals surface area contributed by atoms with Gasteiger partial charge >= 0.3 is 0 Å². The monoisotopic (exact) mass is 234 g/mol. The molecule has 1 N–H and O–H groups in total. The molecule has 15 heavy (non-hydrogen) atoms. The maximum atomic E-state index is 11.6. The highest BCUT2D eigenvalue weighted by Crippen LogP contribution is 2.12. The van der Waals surface area contributed by atoms with Crippen molar-refractivity contribution in [1.82, 2.24) is 10.2 Å². The third-order valence-electron chi connectivity index (χ3n) is 2.68. The number of carbonyl (C=O) groups is 1. The molecule has 0 aromatic rings. The first kappa shape index (κ1) is 12.4. The van der Waals surface area contributed by atoms with Crippen molar-refractivity contribution in [3.63, 3.8) is 0 Å². The van der Waals surface area contributed by atoms with Crippen LogP contribution in [0, 0.1) is 0 Å². The summed E-state index contributed by atoms with van der Waals surface area (Å²) < 4.78 is 22.8. The van der Waals surface area contributed by atoms with Crippen LogP contribution in [0.3, 0.4) is 0 Å². The zero-order valence-electron chi connectivity index (χ0n) is 9.19. The summed E-state index contributed by atoms with van der Waals surface area (Å²) in [6.07, 6.45) is 0.434. The van der Waals surface area contributed by atoms with Gasteiger partial charge in [0.15, 0.2) is 9.84 Å². The van der Waals surface area contributed by atoms with Crippen molar-refractivity contribution in [1.29, 1.82) is 0 Å². The minimum atomic E-state index is -2.96. The van der Waals surface area contributed by atoms with E-state index in [4.69, 9.17) is 0 Å². The van der Waals surface area contributed by atoms with E-state index in [0.717, 1.165) is 0 Å². The predicted octanol–water partition coefficient (Wildman–Crippen LogP) is -0.759. The molecule has 0 saturated carbocycles. The maximum absolute atomic E-state index is 11.6. The van der Waals surface area contributed by atoms with Crippen LogP contribution in [0.5, 0.6) is 0 Å². The highest BCUT2D eigenvalue weighted by atomic mass is 32.2. The SMILES string of the molecule is CNCCC(=O)N1CCS(=O)(=O)C(C)C1. The van der Waals surface area contributed by atoms with Gasteiger partial charge in [-0.25, -0.2) is 8.42 Å². The Hall–Kier alpha value is -0.620. The van der Waals surface area contributed by atoms with Crippen molar-refractivity contribution < 1.29 is 13.2 Å². The van der Waals surface area contributed by atoms with E-state index < -0.39 is 15.1 Å². The lowest BCUT2D eigenvalue weighted by atomic mass is 10.3. The smallest absolute Gasteiger partial charge is 0.223 e. The highest BCUT2D eigenvalue weighted by Gasteiger charge is 2.31. The molecule has 0 radical (unpaired) electrons. The minimum Gasteiger partial charge on any atom is -0.340 e. The Bertz CT molecular complexity index is 326. The van der Waals surface area contributed by atoms with Crippen molar-refractivity contribution in [3.8, 4) is 0 Å². The van der Waals surface area contributed by atoms with Crippen LogP contribution in [-0.4, -0.2) is 56.9 Å². The fourth-order valence-electron chi connectivity index (χ4n) is 1.57. The average molecular weight is 234 g/mol. The van der Waals surface area contributed by atoms with Crippen LogP contribution in [0.2, 0.25) is 0 Å². The Morgan fingerprint density at radius 3 is 2.73 bits per heavy atom.